The maximum absolute atomic E-state index is 8.85. The van der Waals surface area contributed by atoms with Gasteiger partial charge in [0.1, 0.15) is 11.8 Å². The fourth-order valence-corrected chi connectivity index (χ4v) is 2.08. The zero-order valence-corrected chi connectivity index (χ0v) is 10.7. The van der Waals surface area contributed by atoms with Gasteiger partial charge in [-0.1, -0.05) is 18.2 Å². The molecule has 0 unspecified atom stereocenters. The molecule has 6 nitrogen and oxygen atoms in total. The summed E-state index contributed by atoms with van der Waals surface area (Å²) in [5, 5.41) is 8.85. The smallest absolute Gasteiger partial charge is 0.182 e. The third kappa shape index (κ3) is 2.17. The van der Waals surface area contributed by atoms with Gasteiger partial charge in [-0.15, -0.1) is 0 Å². The molecule has 0 amide bonds. The Bertz CT molecular complexity index is 743. The van der Waals surface area contributed by atoms with E-state index < -0.39 is 0 Å². The van der Waals surface area contributed by atoms with Gasteiger partial charge in [0.05, 0.1) is 18.8 Å². The molecular formula is C14H12N6. The first-order chi connectivity index (χ1) is 9.90. The van der Waals surface area contributed by atoms with Gasteiger partial charge in [-0.05, 0) is 12.1 Å². The lowest BCUT2D eigenvalue weighted by Gasteiger charge is -2.22. The molecule has 1 N–H and O–H groups in total. The van der Waals surface area contributed by atoms with Gasteiger partial charge in [0.25, 0.3) is 0 Å². The molecule has 0 atom stereocenters. The molecule has 0 saturated heterocycles. The first kappa shape index (κ1) is 12.1. The summed E-state index contributed by atoms with van der Waals surface area (Å²) in [6, 6.07) is 12.0. The van der Waals surface area contributed by atoms with Crippen LogP contribution in [0.3, 0.4) is 0 Å². The SMILES string of the molecule is N#CCCN(c1ccccc1)c1ncnc2nc[nH]c12. The number of aromatic nitrogens is 4. The highest BCUT2D eigenvalue weighted by Crippen LogP contribution is 2.27. The number of aromatic amines is 1. The molecule has 0 aliphatic rings. The molecule has 3 rings (SSSR count). The van der Waals surface area contributed by atoms with Crippen LogP contribution in [-0.4, -0.2) is 26.5 Å². The number of nitriles is 1. The predicted octanol–water partition coefficient (Wildman–Crippen LogP) is 2.40. The molecular weight excluding hydrogens is 252 g/mol. The minimum Gasteiger partial charge on any atom is -0.340 e. The van der Waals surface area contributed by atoms with Gasteiger partial charge in [0.15, 0.2) is 11.5 Å². The van der Waals surface area contributed by atoms with Crippen LogP contribution in [0.2, 0.25) is 0 Å². The van der Waals surface area contributed by atoms with Crippen molar-refractivity contribution in [2.24, 2.45) is 0 Å². The summed E-state index contributed by atoms with van der Waals surface area (Å²) in [4.78, 5) is 17.6. The molecule has 0 radical (unpaired) electrons. The molecule has 1 aromatic carbocycles. The van der Waals surface area contributed by atoms with Gasteiger partial charge in [0.2, 0.25) is 0 Å². The van der Waals surface area contributed by atoms with Gasteiger partial charge in [-0.25, -0.2) is 15.0 Å². The highest BCUT2D eigenvalue weighted by Gasteiger charge is 2.15. The molecule has 0 spiro atoms. The Morgan fingerprint density at radius 3 is 2.80 bits per heavy atom. The molecule has 0 fully saturated rings. The minimum absolute atomic E-state index is 0.411. The fourth-order valence-electron chi connectivity index (χ4n) is 2.08. The van der Waals surface area contributed by atoms with Crippen LogP contribution in [0.25, 0.3) is 11.2 Å². The van der Waals surface area contributed by atoms with Crippen molar-refractivity contribution in [3.05, 3.63) is 43.0 Å². The summed E-state index contributed by atoms with van der Waals surface area (Å²) in [5.74, 6) is 0.731. The quantitative estimate of drug-likeness (QED) is 0.782. The third-order valence-electron chi connectivity index (χ3n) is 2.97. The summed E-state index contributed by atoms with van der Waals surface area (Å²) >= 11 is 0. The predicted molar refractivity (Wildman–Crippen MR) is 75.4 cm³/mol. The lowest BCUT2D eigenvalue weighted by atomic mass is 10.2. The van der Waals surface area contributed by atoms with Crippen molar-refractivity contribution in [3.8, 4) is 6.07 Å². The fraction of sp³-hybridized carbons (Fsp3) is 0.143. The number of hydrogen-bond donors (Lipinski definition) is 1. The van der Waals surface area contributed by atoms with E-state index in [4.69, 9.17) is 5.26 Å². The second-order valence-corrected chi connectivity index (χ2v) is 4.19. The number of para-hydroxylation sites is 1. The maximum Gasteiger partial charge on any atom is 0.182 e. The maximum atomic E-state index is 8.85. The number of H-pyrrole nitrogens is 1. The van der Waals surface area contributed by atoms with Crippen LogP contribution in [-0.2, 0) is 0 Å². The normalized spacial score (nSPS) is 10.3. The summed E-state index contributed by atoms with van der Waals surface area (Å²) < 4.78 is 0. The van der Waals surface area contributed by atoms with Crippen molar-refractivity contribution in [2.75, 3.05) is 11.4 Å². The van der Waals surface area contributed by atoms with E-state index in [0.29, 0.717) is 18.6 Å². The summed E-state index contributed by atoms with van der Waals surface area (Å²) in [6.45, 7) is 0.561. The van der Waals surface area contributed by atoms with Gasteiger partial charge in [-0.3, -0.25) is 0 Å². The largest absolute Gasteiger partial charge is 0.340 e. The molecule has 0 aliphatic carbocycles. The van der Waals surface area contributed by atoms with Crippen molar-refractivity contribution < 1.29 is 0 Å². The van der Waals surface area contributed by atoms with Gasteiger partial charge in [0, 0.05) is 12.2 Å². The molecule has 0 saturated carbocycles. The Morgan fingerprint density at radius 2 is 2.00 bits per heavy atom. The zero-order valence-electron chi connectivity index (χ0n) is 10.7. The number of rotatable bonds is 4. The molecule has 0 aliphatic heterocycles. The number of fused-ring (bicyclic) bond motifs is 1. The average Bonchev–Trinajstić information content (AvgIpc) is 2.98. The molecule has 98 valence electrons. The molecule has 2 heterocycles. The van der Waals surface area contributed by atoms with E-state index in [2.05, 4.69) is 26.0 Å². The van der Waals surface area contributed by atoms with Crippen molar-refractivity contribution >= 4 is 22.7 Å². The van der Waals surface area contributed by atoms with E-state index in [0.717, 1.165) is 17.0 Å². The van der Waals surface area contributed by atoms with Crippen LogP contribution < -0.4 is 4.90 Å². The monoisotopic (exact) mass is 264 g/mol. The summed E-state index contributed by atoms with van der Waals surface area (Å²) in [7, 11) is 0. The summed E-state index contributed by atoms with van der Waals surface area (Å²) in [5.41, 5.74) is 2.37. The highest BCUT2D eigenvalue weighted by atomic mass is 15.2. The Balaban J connectivity index is 2.10. The number of nitrogens with zero attached hydrogens (tertiary/aromatic N) is 5. The van der Waals surface area contributed by atoms with Crippen LogP contribution in [0.5, 0.6) is 0 Å². The van der Waals surface area contributed by atoms with Crippen LogP contribution in [0.1, 0.15) is 6.42 Å². The van der Waals surface area contributed by atoms with Crippen molar-refractivity contribution in [3.63, 3.8) is 0 Å². The van der Waals surface area contributed by atoms with Crippen molar-refractivity contribution in [1.29, 1.82) is 5.26 Å². The van der Waals surface area contributed by atoms with E-state index in [1.807, 2.05) is 35.2 Å². The Labute approximate surface area is 115 Å². The Morgan fingerprint density at radius 1 is 1.15 bits per heavy atom. The van der Waals surface area contributed by atoms with E-state index >= 15 is 0 Å². The lowest BCUT2D eigenvalue weighted by molar-refractivity contribution is 0.926. The first-order valence-electron chi connectivity index (χ1n) is 6.24. The van der Waals surface area contributed by atoms with E-state index in [9.17, 15) is 0 Å². The number of nitrogens with one attached hydrogen (secondary N) is 1. The van der Waals surface area contributed by atoms with Crippen LogP contribution in [0, 0.1) is 11.3 Å². The van der Waals surface area contributed by atoms with Gasteiger partial charge >= 0.3 is 0 Å². The van der Waals surface area contributed by atoms with Crippen molar-refractivity contribution in [1.82, 2.24) is 19.9 Å². The van der Waals surface area contributed by atoms with Crippen LogP contribution in [0.4, 0.5) is 11.5 Å². The van der Waals surface area contributed by atoms with E-state index in [1.54, 1.807) is 6.33 Å². The zero-order chi connectivity index (χ0) is 13.8. The van der Waals surface area contributed by atoms with E-state index in [-0.39, 0.29) is 0 Å². The molecule has 3 aromatic rings. The van der Waals surface area contributed by atoms with Crippen LogP contribution >= 0.6 is 0 Å². The second-order valence-electron chi connectivity index (χ2n) is 4.19. The van der Waals surface area contributed by atoms with E-state index in [1.165, 1.54) is 6.33 Å². The molecule has 0 bridgehead atoms. The number of anilines is 2. The molecule has 20 heavy (non-hydrogen) atoms. The highest BCUT2D eigenvalue weighted by molar-refractivity contribution is 5.85. The summed E-state index contributed by atoms with van der Waals surface area (Å²) in [6.07, 6.45) is 3.49. The topological polar surface area (TPSA) is 81.5 Å². The minimum atomic E-state index is 0.411. The number of imidazole rings is 1. The Kier molecular flexibility index (Phi) is 3.25. The number of hydrogen-bond acceptors (Lipinski definition) is 5. The molecule has 2 aromatic heterocycles. The van der Waals surface area contributed by atoms with Gasteiger partial charge in [-0.2, -0.15) is 5.26 Å². The lowest BCUT2D eigenvalue weighted by Crippen LogP contribution is -2.19. The van der Waals surface area contributed by atoms with Crippen molar-refractivity contribution in [2.45, 2.75) is 6.42 Å². The first-order valence-corrected chi connectivity index (χ1v) is 6.24. The Hall–Kier alpha value is -2.94. The number of benzene rings is 1. The molecule has 6 heteroatoms. The standard InChI is InChI=1S/C14H12N6/c15-7-4-8-20(11-5-2-1-3-6-11)14-12-13(17-9-16-12)18-10-19-14/h1-3,5-6,9-10H,4,8H2,(H,16,17,18,19). The third-order valence-corrected chi connectivity index (χ3v) is 2.97. The van der Waals surface area contributed by atoms with Gasteiger partial charge < -0.3 is 9.88 Å². The second kappa shape index (κ2) is 5.36. The van der Waals surface area contributed by atoms with Crippen LogP contribution in [0.15, 0.2) is 43.0 Å². The average molecular weight is 264 g/mol.